The van der Waals surface area contributed by atoms with Crippen molar-refractivity contribution < 1.29 is 24.2 Å². The SMILES string of the molecule is CC(C)(C)C(=O)[C@@H](Oc1ccc(C(=O)O)cc1)C(=O)Nc1cc(N)ccc1Cl. The molecule has 28 heavy (non-hydrogen) atoms. The van der Waals surface area contributed by atoms with Crippen molar-refractivity contribution in [3.8, 4) is 5.75 Å². The first-order chi connectivity index (χ1) is 13.0. The minimum atomic E-state index is -1.46. The van der Waals surface area contributed by atoms with E-state index in [1.54, 1.807) is 26.8 Å². The average Bonchev–Trinajstić information content (AvgIpc) is 2.61. The van der Waals surface area contributed by atoms with Crippen molar-refractivity contribution in [2.45, 2.75) is 26.9 Å². The maximum absolute atomic E-state index is 12.8. The fourth-order valence-corrected chi connectivity index (χ4v) is 2.43. The van der Waals surface area contributed by atoms with Crippen LogP contribution in [0.25, 0.3) is 0 Å². The molecule has 2 rings (SSSR count). The highest BCUT2D eigenvalue weighted by molar-refractivity contribution is 6.34. The Hall–Kier alpha value is -3.06. The van der Waals surface area contributed by atoms with Gasteiger partial charge in [-0.1, -0.05) is 32.4 Å². The first-order valence-electron chi connectivity index (χ1n) is 8.39. The molecule has 4 N–H and O–H groups in total. The van der Waals surface area contributed by atoms with Crippen molar-refractivity contribution in [3.05, 3.63) is 53.1 Å². The number of anilines is 2. The van der Waals surface area contributed by atoms with E-state index in [1.165, 1.54) is 36.4 Å². The molecule has 0 aliphatic heterocycles. The molecule has 148 valence electrons. The van der Waals surface area contributed by atoms with Gasteiger partial charge in [-0.05, 0) is 42.5 Å². The highest BCUT2D eigenvalue weighted by Gasteiger charge is 2.37. The van der Waals surface area contributed by atoms with Gasteiger partial charge in [-0.25, -0.2) is 4.79 Å². The molecular weight excluding hydrogens is 384 g/mol. The summed E-state index contributed by atoms with van der Waals surface area (Å²) in [6.07, 6.45) is -1.46. The second kappa shape index (κ2) is 8.31. The molecule has 1 atom stereocenters. The number of amides is 1. The number of ether oxygens (including phenoxy) is 1. The van der Waals surface area contributed by atoms with E-state index in [2.05, 4.69) is 5.32 Å². The van der Waals surface area contributed by atoms with Gasteiger partial charge in [0, 0.05) is 11.1 Å². The number of carboxylic acids is 1. The number of carbonyl (C=O) groups is 3. The Kier molecular flexibility index (Phi) is 6.30. The first-order valence-corrected chi connectivity index (χ1v) is 8.77. The lowest BCUT2D eigenvalue weighted by Crippen LogP contribution is -2.45. The molecule has 0 fully saturated rings. The van der Waals surface area contributed by atoms with Gasteiger partial charge in [0.2, 0.25) is 6.10 Å². The maximum atomic E-state index is 12.8. The molecule has 0 unspecified atom stereocenters. The fraction of sp³-hybridized carbons (Fsp3) is 0.250. The van der Waals surface area contributed by atoms with Crippen LogP contribution in [0.15, 0.2) is 42.5 Å². The van der Waals surface area contributed by atoms with Crippen LogP contribution in [0.5, 0.6) is 5.75 Å². The van der Waals surface area contributed by atoms with Crippen LogP contribution in [0.4, 0.5) is 11.4 Å². The van der Waals surface area contributed by atoms with Crippen molar-refractivity contribution in [1.29, 1.82) is 0 Å². The zero-order chi connectivity index (χ0) is 21.1. The molecule has 2 aromatic carbocycles. The highest BCUT2D eigenvalue weighted by Crippen LogP contribution is 2.26. The van der Waals surface area contributed by atoms with Crippen LogP contribution in [0.2, 0.25) is 5.02 Å². The number of nitrogens with one attached hydrogen (secondary N) is 1. The van der Waals surface area contributed by atoms with Crippen LogP contribution in [0.3, 0.4) is 0 Å². The molecule has 0 heterocycles. The third-order valence-electron chi connectivity index (χ3n) is 3.82. The van der Waals surface area contributed by atoms with E-state index in [1.807, 2.05) is 0 Å². The molecule has 1 amide bonds. The highest BCUT2D eigenvalue weighted by atomic mass is 35.5. The van der Waals surface area contributed by atoms with Gasteiger partial charge in [-0.3, -0.25) is 9.59 Å². The molecule has 0 aromatic heterocycles. The van der Waals surface area contributed by atoms with Crippen molar-refractivity contribution in [2.75, 3.05) is 11.1 Å². The number of nitrogen functional groups attached to an aromatic ring is 1. The fourth-order valence-electron chi connectivity index (χ4n) is 2.27. The van der Waals surface area contributed by atoms with E-state index in [9.17, 15) is 14.4 Å². The topological polar surface area (TPSA) is 119 Å². The summed E-state index contributed by atoms with van der Waals surface area (Å²) in [5, 5.41) is 11.8. The normalized spacial score (nSPS) is 12.1. The van der Waals surface area contributed by atoms with Gasteiger partial charge in [0.25, 0.3) is 5.91 Å². The van der Waals surface area contributed by atoms with Gasteiger partial charge in [0.1, 0.15) is 5.75 Å². The Bertz CT molecular complexity index is 904. The summed E-state index contributed by atoms with van der Waals surface area (Å²) in [5.74, 6) is -2.08. The Morgan fingerprint density at radius 1 is 1.11 bits per heavy atom. The molecule has 0 bridgehead atoms. The van der Waals surface area contributed by atoms with E-state index < -0.39 is 29.2 Å². The van der Waals surface area contributed by atoms with Crippen LogP contribution in [-0.4, -0.2) is 28.9 Å². The number of aromatic carboxylic acids is 1. The van der Waals surface area contributed by atoms with Crippen LogP contribution >= 0.6 is 11.6 Å². The Balaban J connectivity index is 2.30. The number of carboxylic acid groups (broad SMARTS) is 1. The number of nitrogens with two attached hydrogens (primary N) is 1. The van der Waals surface area contributed by atoms with E-state index in [-0.39, 0.29) is 22.0 Å². The van der Waals surface area contributed by atoms with E-state index >= 15 is 0 Å². The Morgan fingerprint density at radius 3 is 2.25 bits per heavy atom. The quantitative estimate of drug-likeness (QED) is 0.499. The summed E-state index contributed by atoms with van der Waals surface area (Å²) in [5.41, 5.74) is 5.56. The lowest BCUT2D eigenvalue weighted by Gasteiger charge is -2.25. The van der Waals surface area contributed by atoms with Crippen molar-refractivity contribution in [3.63, 3.8) is 0 Å². The number of benzene rings is 2. The summed E-state index contributed by atoms with van der Waals surface area (Å²) in [4.78, 5) is 36.5. The van der Waals surface area contributed by atoms with Gasteiger partial charge in [-0.15, -0.1) is 0 Å². The molecular formula is C20H21ClN2O5. The lowest BCUT2D eigenvalue weighted by molar-refractivity contribution is -0.140. The molecule has 8 heteroatoms. The number of Topliss-reactive ketones (excluding diaryl/α,β-unsaturated/α-hetero) is 1. The van der Waals surface area contributed by atoms with E-state index in [0.29, 0.717) is 5.69 Å². The summed E-state index contributed by atoms with van der Waals surface area (Å²) < 4.78 is 5.61. The maximum Gasteiger partial charge on any atom is 0.335 e. The number of rotatable bonds is 6. The summed E-state index contributed by atoms with van der Waals surface area (Å²) in [6.45, 7) is 5.00. The van der Waals surface area contributed by atoms with Crippen LogP contribution in [0, 0.1) is 5.41 Å². The number of halogens is 1. The molecule has 7 nitrogen and oxygen atoms in total. The summed E-state index contributed by atoms with van der Waals surface area (Å²) in [6, 6.07) is 9.99. The van der Waals surface area contributed by atoms with Crippen molar-refractivity contribution in [2.24, 2.45) is 5.41 Å². The lowest BCUT2D eigenvalue weighted by atomic mass is 9.87. The molecule has 2 aromatic rings. The van der Waals surface area contributed by atoms with Gasteiger partial charge in [0.05, 0.1) is 16.3 Å². The largest absolute Gasteiger partial charge is 0.478 e. The Labute approximate surface area is 167 Å². The summed E-state index contributed by atoms with van der Waals surface area (Å²) in [7, 11) is 0. The predicted octanol–water partition coefficient (Wildman–Crippen LogP) is 3.62. The number of ketones is 1. The zero-order valence-corrected chi connectivity index (χ0v) is 16.4. The van der Waals surface area contributed by atoms with Gasteiger partial charge >= 0.3 is 5.97 Å². The minimum absolute atomic E-state index is 0.0574. The number of hydrogen-bond donors (Lipinski definition) is 3. The molecule has 0 spiro atoms. The number of carbonyl (C=O) groups excluding carboxylic acids is 2. The van der Waals surface area contributed by atoms with Crippen LogP contribution < -0.4 is 15.8 Å². The number of hydrogen-bond acceptors (Lipinski definition) is 5. The van der Waals surface area contributed by atoms with Gasteiger partial charge in [0.15, 0.2) is 5.78 Å². The molecule has 0 aliphatic rings. The molecule has 0 aliphatic carbocycles. The second-order valence-corrected chi connectivity index (χ2v) is 7.58. The first kappa shape index (κ1) is 21.2. The predicted molar refractivity (Wildman–Crippen MR) is 107 cm³/mol. The minimum Gasteiger partial charge on any atom is -0.478 e. The molecule has 0 saturated carbocycles. The molecule has 0 radical (unpaired) electrons. The van der Waals surface area contributed by atoms with Crippen LogP contribution in [0.1, 0.15) is 31.1 Å². The smallest absolute Gasteiger partial charge is 0.335 e. The van der Waals surface area contributed by atoms with Gasteiger partial charge < -0.3 is 20.9 Å². The summed E-state index contributed by atoms with van der Waals surface area (Å²) >= 11 is 6.07. The third-order valence-corrected chi connectivity index (χ3v) is 4.15. The van der Waals surface area contributed by atoms with Crippen molar-refractivity contribution >= 4 is 40.6 Å². The van der Waals surface area contributed by atoms with E-state index in [4.69, 9.17) is 27.2 Å². The zero-order valence-electron chi connectivity index (χ0n) is 15.7. The van der Waals surface area contributed by atoms with Crippen LogP contribution in [-0.2, 0) is 9.59 Å². The third kappa shape index (κ3) is 5.23. The monoisotopic (exact) mass is 404 g/mol. The Morgan fingerprint density at radius 2 is 1.71 bits per heavy atom. The van der Waals surface area contributed by atoms with Gasteiger partial charge in [-0.2, -0.15) is 0 Å². The standard InChI is InChI=1S/C20H21ClN2O5/c1-20(2,3)17(24)16(28-13-7-4-11(5-8-13)19(26)27)18(25)23-15-10-12(22)6-9-14(15)21/h4-10,16H,22H2,1-3H3,(H,23,25)(H,26,27)/t16-/m1/s1. The molecule has 0 saturated heterocycles. The average molecular weight is 405 g/mol. The van der Waals surface area contributed by atoms with E-state index in [0.717, 1.165) is 0 Å². The second-order valence-electron chi connectivity index (χ2n) is 7.17. The van der Waals surface area contributed by atoms with Crippen molar-refractivity contribution in [1.82, 2.24) is 0 Å².